The van der Waals surface area contributed by atoms with Gasteiger partial charge in [-0.3, -0.25) is 4.79 Å². The van der Waals surface area contributed by atoms with Gasteiger partial charge in [-0.25, -0.2) is 4.39 Å². The van der Waals surface area contributed by atoms with Crippen LogP contribution in [-0.4, -0.2) is 5.91 Å². The maximum absolute atomic E-state index is 14.0. The summed E-state index contributed by atoms with van der Waals surface area (Å²) in [5.41, 5.74) is 1.52. The molecule has 0 aliphatic carbocycles. The maximum atomic E-state index is 14.0. The van der Waals surface area contributed by atoms with E-state index in [0.29, 0.717) is 22.4 Å². The van der Waals surface area contributed by atoms with E-state index >= 15 is 0 Å². The van der Waals surface area contributed by atoms with Gasteiger partial charge in [-0.1, -0.05) is 70.5 Å². The molecule has 0 spiro atoms. The SMILES string of the molecule is N#CC(=Cc1cccc(OCc2cccc3ccccc23)c1)C(=O)Nc1ccc(Br)cc1F. The second-order valence-electron chi connectivity index (χ2n) is 7.25. The van der Waals surface area contributed by atoms with Crippen molar-refractivity contribution in [3.8, 4) is 11.8 Å². The summed E-state index contributed by atoms with van der Waals surface area (Å²) in [6.07, 6.45) is 1.44. The van der Waals surface area contributed by atoms with E-state index in [1.807, 2.05) is 36.4 Å². The molecule has 0 aliphatic rings. The third kappa shape index (κ3) is 5.46. The van der Waals surface area contributed by atoms with Crippen molar-refractivity contribution in [2.45, 2.75) is 6.61 Å². The predicted molar refractivity (Wildman–Crippen MR) is 131 cm³/mol. The van der Waals surface area contributed by atoms with Gasteiger partial charge in [0.15, 0.2) is 0 Å². The molecule has 0 radical (unpaired) electrons. The normalized spacial score (nSPS) is 11.1. The first-order chi connectivity index (χ1) is 16.0. The van der Waals surface area contributed by atoms with Gasteiger partial charge in [0, 0.05) is 4.47 Å². The van der Waals surface area contributed by atoms with Crippen LogP contribution in [0.2, 0.25) is 0 Å². The Morgan fingerprint density at radius 3 is 2.64 bits per heavy atom. The van der Waals surface area contributed by atoms with Crippen LogP contribution < -0.4 is 10.1 Å². The molecule has 0 aromatic heterocycles. The minimum absolute atomic E-state index is 0.00322. The summed E-state index contributed by atoms with van der Waals surface area (Å²) >= 11 is 3.17. The average Bonchev–Trinajstić information content (AvgIpc) is 2.83. The number of hydrogen-bond donors (Lipinski definition) is 1. The number of hydrogen-bond acceptors (Lipinski definition) is 3. The summed E-state index contributed by atoms with van der Waals surface area (Å²) < 4.78 is 20.5. The van der Waals surface area contributed by atoms with E-state index in [1.165, 1.54) is 18.2 Å². The summed E-state index contributed by atoms with van der Waals surface area (Å²) in [6.45, 7) is 0.378. The van der Waals surface area contributed by atoms with Crippen molar-refractivity contribution in [3.63, 3.8) is 0 Å². The lowest BCUT2D eigenvalue weighted by Gasteiger charge is -2.10. The van der Waals surface area contributed by atoms with E-state index in [9.17, 15) is 14.4 Å². The highest BCUT2D eigenvalue weighted by Crippen LogP contribution is 2.23. The fourth-order valence-corrected chi connectivity index (χ4v) is 3.70. The molecule has 6 heteroatoms. The van der Waals surface area contributed by atoms with Crippen molar-refractivity contribution >= 4 is 44.4 Å². The van der Waals surface area contributed by atoms with Crippen molar-refractivity contribution in [3.05, 3.63) is 112 Å². The van der Waals surface area contributed by atoms with Crippen molar-refractivity contribution in [1.82, 2.24) is 0 Å². The number of halogens is 2. The lowest BCUT2D eigenvalue weighted by Crippen LogP contribution is -2.14. The largest absolute Gasteiger partial charge is 0.489 e. The molecule has 1 amide bonds. The van der Waals surface area contributed by atoms with Crippen LogP contribution in [0.3, 0.4) is 0 Å². The molecule has 0 saturated carbocycles. The third-order valence-electron chi connectivity index (χ3n) is 4.99. The minimum atomic E-state index is -0.694. The Morgan fingerprint density at radius 1 is 1.03 bits per heavy atom. The Hall–Kier alpha value is -3.95. The number of fused-ring (bicyclic) bond motifs is 1. The van der Waals surface area contributed by atoms with Crippen LogP contribution in [-0.2, 0) is 11.4 Å². The Morgan fingerprint density at radius 2 is 1.82 bits per heavy atom. The van der Waals surface area contributed by atoms with Gasteiger partial charge < -0.3 is 10.1 Å². The number of carbonyl (C=O) groups is 1. The van der Waals surface area contributed by atoms with E-state index in [-0.39, 0.29) is 11.3 Å². The van der Waals surface area contributed by atoms with Gasteiger partial charge in [0.05, 0.1) is 5.69 Å². The van der Waals surface area contributed by atoms with E-state index in [0.717, 1.165) is 16.3 Å². The molecule has 1 N–H and O–H groups in total. The van der Waals surface area contributed by atoms with Crippen LogP contribution in [0.5, 0.6) is 5.75 Å². The molecule has 0 unspecified atom stereocenters. The van der Waals surface area contributed by atoms with E-state index in [1.54, 1.807) is 24.3 Å². The molecule has 4 aromatic rings. The maximum Gasteiger partial charge on any atom is 0.266 e. The Balaban J connectivity index is 1.50. The van der Waals surface area contributed by atoms with Gasteiger partial charge in [0.1, 0.15) is 29.8 Å². The van der Waals surface area contributed by atoms with Gasteiger partial charge in [-0.2, -0.15) is 5.26 Å². The molecule has 162 valence electrons. The zero-order valence-electron chi connectivity index (χ0n) is 17.4. The summed E-state index contributed by atoms with van der Waals surface area (Å²) in [7, 11) is 0. The van der Waals surface area contributed by atoms with E-state index < -0.39 is 11.7 Å². The van der Waals surface area contributed by atoms with Gasteiger partial charge >= 0.3 is 0 Å². The van der Waals surface area contributed by atoms with Gasteiger partial charge in [0.25, 0.3) is 5.91 Å². The first-order valence-corrected chi connectivity index (χ1v) is 10.9. The number of benzene rings is 4. The number of nitrogens with one attached hydrogen (secondary N) is 1. The standard InChI is InChI=1S/C27H18BrFN2O2/c28-22-11-12-26(25(29)15-22)31-27(32)21(16-30)13-18-5-3-9-23(14-18)33-17-20-8-4-7-19-6-1-2-10-24(19)20/h1-15H,17H2,(H,31,32). The molecule has 0 bridgehead atoms. The lowest BCUT2D eigenvalue weighted by molar-refractivity contribution is -0.112. The number of carbonyl (C=O) groups excluding carboxylic acids is 1. The summed E-state index contributed by atoms with van der Waals surface area (Å²) in [4.78, 5) is 12.5. The van der Waals surface area contributed by atoms with Crippen LogP contribution in [0.25, 0.3) is 16.8 Å². The molecular formula is C27H18BrFN2O2. The zero-order chi connectivity index (χ0) is 23.2. The van der Waals surface area contributed by atoms with Gasteiger partial charge in [0.2, 0.25) is 0 Å². The van der Waals surface area contributed by atoms with Gasteiger partial charge in [-0.15, -0.1) is 0 Å². The molecule has 0 heterocycles. The Labute approximate surface area is 199 Å². The second-order valence-corrected chi connectivity index (χ2v) is 8.16. The average molecular weight is 501 g/mol. The molecular weight excluding hydrogens is 483 g/mol. The van der Waals surface area contributed by atoms with Crippen LogP contribution >= 0.6 is 15.9 Å². The van der Waals surface area contributed by atoms with Crippen molar-refractivity contribution in [2.75, 3.05) is 5.32 Å². The van der Waals surface area contributed by atoms with Crippen LogP contribution in [0.4, 0.5) is 10.1 Å². The minimum Gasteiger partial charge on any atom is -0.489 e. The van der Waals surface area contributed by atoms with Crippen LogP contribution in [0.1, 0.15) is 11.1 Å². The topological polar surface area (TPSA) is 62.1 Å². The molecule has 0 aliphatic heterocycles. The highest BCUT2D eigenvalue weighted by atomic mass is 79.9. The zero-order valence-corrected chi connectivity index (χ0v) is 19.0. The number of rotatable bonds is 6. The lowest BCUT2D eigenvalue weighted by atomic mass is 10.1. The van der Waals surface area contributed by atoms with Crippen LogP contribution in [0.15, 0.2) is 95.0 Å². The number of anilines is 1. The van der Waals surface area contributed by atoms with Gasteiger partial charge in [-0.05, 0) is 58.3 Å². The first-order valence-electron chi connectivity index (χ1n) is 10.1. The van der Waals surface area contributed by atoms with Crippen LogP contribution in [0, 0.1) is 17.1 Å². The molecule has 33 heavy (non-hydrogen) atoms. The highest BCUT2D eigenvalue weighted by Gasteiger charge is 2.12. The fraction of sp³-hybridized carbons (Fsp3) is 0.0370. The first kappa shape index (κ1) is 22.3. The van der Waals surface area contributed by atoms with Crippen molar-refractivity contribution < 1.29 is 13.9 Å². The second kappa shape index (κ2) is 10.1. The number of ether oxygens (including phenoxy) is 1. The molecule has 0 saturated heterocycles. The molecule has 0 atom stereocenters. The van der Waals surface area contributed by atoms with E-state index in [2.05, 4.69) is 39.4 Å². The van der Waals surface area contributed by atoms with E-state index in [4.69, 9.17) is 4.74 Å². The molecule has 4 nitrogen and oxygen atoms in total. The number of amides is 1. The Kier molecular flexibility index (Phi) is 6.82. The van der Waals surface area contributed by atoms with Crippen molar-refractivity contribution in [1.29, 1.82) is 5.26 Å². The highest BCUT2D eigenvalue weighted by molar-refractivity contribution is 9.10. The summed E-state index contributed by atoms with van der Waals surface area (Å²) in [6, 6.07) is 27.4. The Bertz CT molecular complexity index is 1400. The predicted octanol–water partition coefficient (Wildman–Crippen LogP) is 6.87. The molecule has 0 fully saturated rings. The summed E-state index contributed by atoms with van der Waals surface area (Å²) in [5, 5.41) is 14.2. The fourth-order valence-electron chi connectivity index (χ4n) is 3.37. The molecule has 4 aromatic carbocycles. The number of nitrogens with zero attached hydrogens (tertiary/aromatic N) is 1. The quantitative estimate of drug-likeness (QED) is 0.232. The number of nitriles is 1. The smallest absolute Gasteiger partial charge is 0.266 e. The third-order valence-corrected chi connectivity index (χ3v) is 5.48. The molecule has 4 rings (SSSR count). The summed E-state index contributed by atoms with van der Waals surface area (Å²) in [5.74, 6) is -0.687. The monoisotopic (exact) mass is 500 g/mol. The van der Waals surface area contributed by atoms with Crippen molar-refractivity contribution in [2.24, 2.45) is 0 Å².